The number of benzene rings is 1. The molecule has 1 aromatic carbocycles. The van der Waals surface area contributed by atoms with Gasteiger partial charge in [-0.25, -0.2) is 0 Å². The van der Waals surface area contributed by atoms with Gasteiger partial charge in [0, 0.05) is 17.6 Å². The molecule has 4 heteroatoms. The highest BCUT2D eigenvalue weighted by Crippen LogP contribution is 2.41. The second-order valence-corrected chi connectivity index (χ2v) is 6.14. The Morgan fingerprint density at radius 3 is 2.70 bits per heavy atom. The van der Waals surface area contributed by atoms with E-state index in [-0.39, 0.29) is 11.9 Å². The second-order valence-electron chi connectivity index (χ2n) is 5.70. The van der Waals surface area contributed by atoms with Crippen molar-refractivity contribution >= 4 is 17.5 Å². The van der Waals surface area contributed by atoms with Crippen LogP contribution >= 0.6 is 11.6 Å². The summed E-state index contributed by atoms with van der Waals surface area (Å²) >= 11 is 6.10. The van der Waals surface area contributed by atoms with Crippen molar-refractivity contribution in [2.75, 3.05) is 13.6 Å². The number of hydrogen-bond acceptors (Lipinski definition) is 2. The van der Waals surface area contributed by atoms with Crippen molar-refractivity contribution < 1.29 is 4.79 Å². The number of halogens is 1. The predicted molar refractivity (Wildman–Crippen MR) is 83.1 cm³/mol. The van der Waals surface area contributed by atoms with Crippen molar-refractivity contribution in [3.05, 3.63) is 34.9 Å². The van der Waals surface area contributed by atoms with Gasteiger partial charge in [0.15, 0.2) is 0 Å². The fourth-order valence-electron chi connectivity index (χ4n) is 2.93. The minimum absolute atomic E-state index is 0.138. The summed E-state index contributed by atoms with van der Waals surface area (Å²) in [6, 6.07) is 8.03. The normalized spacial score (nSPS) is 18.8. The van der Waals surface area contributed by atoms with Gasteiger partial charge < -0.3 is 10.6 Å². The molecule has 1 saturated carbocycles. The Hall–Kier alpha value is -1.06. The van der Waals surface area contributed by atoms with Gasteiger partial charge in [-0.2, -0.15) is 0 Å². The lowest BCUT2D eigenvalue weighted by atomic mass is 9.78. The first-order valence-corrected chi connectivity index (χ1v) is 7.68. The summed E-state index contributed by atoms with van der Waals surface area (Å²) in [4.78, 5) is 12.7. The predicted octanol–water partition coefficient (Wildman–Crippen LogP) is 2.88. The third kappa shape index (κ3) is 3.15. The topological polar surface area (TPSA) is 41.1 Å². The molecule has 1 unspecified atom stereocenters. The molecule has 2 N–H and O–H groups in total. The van der Waals surface area contributed by atoms with Gasteiger partial charge in [-0.15, -0.1) is 0 Å². The zero-order valence-electron chi connectivity index (χ0n) is 12.2. The van der Waals surface area contributed by atoms with Gasteiger partial charge >= 0.3 is 0 Å². The SMILES string of the molecule is CNC(C)CNC(=O)C1(c2cccc(Cl)c2)CCCC1. The smallest absolute Gasteiger partial charge is 0.230 e. The molecule has 0 aliphatic heterocycles. The highest BCUT2D eigenvalue weighted by atomic mass is 35.5. The van der Waals surface area contributed by atoms with Crippen LogP contribution in [0.15, 0.2) is 24.3 Å². The van der Waals surface area contributed by atoms with Crippen LogP contribution in [0.1, 0.15) is 38.2 Å². The molecule has 1 aromatic rings. The minimum Gasteiger partial charge on any atom is -0.354 e. The average Bonchev–Trinajstić information content (AvgIpc) is 2.95. The van der Waals surface area contributed by atoms with E-state index < -0.39 is 5.41 Å². The molecular formula is C16H23ClN2O. The van der Waals surface area contributed by atoms with E-state index in [0.29, 0.717) is 11.6 Å². The van der Waals surface area contributed by atoms with Crippen LogP contribution in [0.4, 0.5) is 0 Å². The van der Waals surface area contributed by atoms with Crippen molar-refractivity contribution in [1.29, 1.82) is 0 Å². The van der Waals surface area contributed by atoms with Gasteiger partial charge in [0.05, 0.1) is 5.41 Å². The summed E-state index contributed by atoms with van der Waals surface area (Å²) in [5, 5.41) is 6.93. The van der Waals surface area contributed by atoms with Crippen LogP contribution < -0.4 is 10.6 Å². The summed E-state index contributed by atoms with van der Waals surface area (Å²) in [5.74, 6) is 0.138. The molecule has 1 atom stereocenters. The van der Waals surface area contributed by atoms with Crippen molar-refractivity contribution in [3.63, 3.8) is 0 Å². The van der Waals surface area contributed by atoms with E-state index in [0.717, 1.165) is 31.2 Å². The molecule has 3 nitrogen and oxygen atoms in total. The average molecular weight is 295 g/mol. The van der Waals surface area contributed by atoms with E-state index in [1.165, 1.54) is 0 Å². The number of rotatable bonds is 5. The maximum atomic E-state index is 12.7. The Labute approximate surface area is 126 Å². The Morgan fingerprint density at radius 1 is 1.40 bits per heavy atom. The molecule has 1 fully saturated rings. The Morgan fingerprint density at radius 2 is 2.10 bits per heavy atom. The van der Waals surface area contributed by atoms with E-state index in [9.17, 15) is 4.79 Å². The van der Waals surface area contributed by atoms with Gasteiger partial charge in [0.1, 0.15) is 0 Å². The van der Waals surface area contributed by atoms with Gasteiger partial charge in [0.2, 0.25) is 5.91 Å². The number of amides is 1. The van der Waals surface area contributed by atoms with Crippen LogP contribution in [0, 0.1) is 0 Å². The van der Waals surface area contributed by atoms with E-state index in [4.69, 9.17) is 11.6 Å². The number of nitrogens with one attached hydrogen (secondary N) is 2. The zero-order valence-corrected chi connectivity index (χ0v) is 13.0. The molecular weight excluding hydrogens is 272 g/mol. The van der Waals surface area contributed by atoms with E-state index in [1.807, 2.05) is 31.3 Å². The molecule has 0 heterocycles. The molecule has 2 rings (SSSR count). The van der Waals surface area contributed by atoms with E-state index in [2.05, 4.69) is 17.6 Å². The summed E-state index contributed by atoms with van der Waals surface area (Å²) in [7, 11) is 1.90. The first kappa shape index (κ1) is 15.3. The highest BCUT2D eigenvalue weighted by molar-refractivity contribution is 6.30. The summed E-state index contributed by atoms with van der Waals surface area (Å²) in [6.07, 6.45) is 4.02. The summed E-state index contributed by atoms with van der Waals surface area (Å²) in [6.45, 7) is 2.71. The quantitative estimate of drug-likeness (QED) is 0.877. The molecule has 1 amide bonds. The maximum absolute atomic E-state index is 12.7. The first-order chi connectivity index (χ1) is 9.58. The summed E-state index contributed by atoms with van der Waals surface area (Å²) in [5.41, 5.74) is 0.662. The molecule has 0 aromatic heterocycles. The fraction of sp³-hybridized carbons (Fsp3) is 0.562. The van der Waals surface area contributed by atoms with E-state index in [1.54, 1.807) is 0 Å². The van der Waals surface area contributed by atoms with Crippen molar-refractivity contribution in [3.8, 4) is 0 Å². The number of likely N-dealkylation sites (N-methyl/N-ethyl adjacent to an activating group) is 1. The standard InChI is InChI=1S/C16H23ClN2O/c1-12(18-2)11-19-15(20)16(8-3-4-9-16)13-6-5-7-14(17)10-13/h5-7,10,12,18H,3-4,8-9,11H2,1-2H3,(H,19,20). The molecule has 0 saturated heterocycles. The lowest BCUT2D eigenvalue weighted by molar-refractivity contribution is -0.126. The van der Waals surface area contributed by atoms with Crippen LogP contribution in [-0.4, -0.2) is 25.5 Å². The largest absolute Gasteiger partial charge is 0.354 e. The maximum Gasteiger partial charge on any atom is 0.230 e. The molecule has 110 valence electrons. The lowest BCUT2D eigenvalue weighted by Crippen LogP contribution is -2.46. The van der Waals surface area contributed by atoms with Gasteiger partial charge in [-0.1, -0.05) is 36.6 Å². The molecule has 20 heavy (non-hydrogen) atoms. The summed E-state index contributed by atoms with van der Waals surface area (Å²) < 4.78 is 0. The number of carbonyl (C=O) groups is 1. The van der Waals surface area contributed by atoms with Gasteiger partial charge in [0.25, 0.3) is 0 Å². The van der Waals surface area contributed by atoms with Crippen molar-refractivity contribution in [2.45, 2.75) is 44.1 Å². The monoisotopic (exact) mass is 294 g/mol. The molecule has 1 aliphatic carbocycles. The Bertz CT molecular complexity index is 469. The van der Waals surface area contributed by atoms with Crippen LogP contribution in [0.5, 0.6) is 0 Å². The number of hydrogen-bond donors (Lipinski definition) is 2. The second kappa shape index (κ2) is 6.59. The van der Waals surface area contributed by atoms with Crippen LogP contribution in [0.2, 0.25) is 5.02 Å². The molecule has 0 bridgehead atoms. The Balaban J connectivity index is 2.19. The van der Waals surface area contributed by atoms with Crippen LogP contribution in [0.25, 0.3) is 0 Å². The molecule has 0 spiro atoms. The van der Waals surface area contributed by atoms with Gasteiger partial charge in [-0.05, 0) is 44.5 Å². The van der Waals surface area contributed by atoms with Crippen LogP contribution in [0.3, 0.4) is 0 Å². The molecule has 1 aliphatic rings. The molecule has 0 radical (unpaired) electrons. The van der Waals surface area contributed by atoms with Crippen molar-refractivity contribution in [2.24, 2.45) is 0 Å². The van der Waals surface area contributed by atoms with E-state index >= 15 is 0 Å². The number of carbonyl (C=O) groups excluding carboxylic acids is 1. The fourth-order valence-corrected chi connectivity index (χ4v) is 3.12. The van der Waals surface area contributed by atoms with Crippen LogP contribution in [-0.2, 0) is 10.2 Å². The van der Waals surface area contributed by atoms with Crippen molar-refractivity contribution in [1.82, 2.24) is 10.6 Å². The third-order valence-electron chi connectivity index (χ3n) is 4.33. The zero-order chi connectivity index (χ0) is 14.6. The highest BCUT2D eigenvalue weighted by Gasteiger charge is 2.42. The third-order valence-corrected chi connectivity index (χ3v) is 4.57. The first-order valence-electron chi connectivity index (χ1n) is 7.30. The minimum atomic E-state index is -0.391. The lowest BCUT2D eigenvalue weighted by Gasteiger charge is -2.29. The van der Waals surface area contributed by atoms with Gasteiger partial charge in [-0.3, -0.25) is 4.79 Å². The Kier molecular flexibility index (Phi) is 5.06.